The Kier molecular flexibility index (Phi) is 2.93. The predicted octanol–water partition coefficient (Wildman–Crippen LogP) is 0.152. The summed E-state index contributed by atoms with van der Waals surface area (Å²) in [5.74, 6) is -0.0766. The summed E-state index contributed by atoms with van der Waals surface area (Å²) in [6.07, 6.45) is -0.377. The van der Waals surface area contributed by atoms with Gasteiger partial charge in [0.05, 0.1) is 17.5 Å². The highest BCUT2D eigenvalue weighted by Crippen LogP contribution is 2.24. The minimum absolute atomic E-state index is 0.0766. The lowest BCUT2D eigenvalue weighted by molar-refractivity contribution is 0.00590. The molecule has 1 aliphatic rings. The van der Waals surface area contributed by atoms with Gasteiger partial charge >= 0.3 is 0 Å². The average Bonchev–Trinajstić information content (AvgIpc) is 2.23. The molecule has 0 atom stereocenters. The predicted molar refractivity (Wildman–Crippen MR) is 67.1 cm³/mol. The number of amides is 1. The third kappa shape index (κ3) is 2.19. The number of aliphatic hydroxyl groups is 1. The van der Waals surface area contributed by atoms with E-state index in [0.29, 0.717) is 24.3 Å². The summed E-state index contributed by atoms with van der Waals surface area (Å²) in [6, 6.07) is 5.28. The molecular weight excluding hydrogens is 218 g/mol. The van der Waals surface area contributed by atoms with Crippen molar-refractivity contribution in [2.45, 2.75) is 6.10 Å². The number of likely N-dealkylation sites (tertiary alicyclic amines) is 1. The molecule has 1 aromatic carbocycles. The van der Waals surface area contributed by atoms with Crippen LogP contribution in [0, 0.1) is 0 Å². The third-order valence-corrected chi connectivity index (χ3v) is 2.91. The summed E-state index contributed by atoms with van der Waals surface area (Å²) in [5, 5.41) is 9.16. The zero-order valence-electron chi connectivity index (χ0n) is 10.1. The van der Waals surface area contributed by atoms with Crippen molar-refractivity contribution in [2.24, 2.45) is 0 Å². The third-order valence-electron chi connectivity index (χ3n) is 2.91. The van der Waals surface area contributed by atoms with Gasteiger partial charge < -0.3 is 20.6 Å². The Labute approximate surface area is 100 Å². The number of hydrogen-bond acceptors (Lipinski definition) is 4. The van der Waals surface area contributed by atoms with Gasteiger partial charge in [-0.05, 0) is 18.2 Å². The van der Waals surface area contributed by atoms with Crippen molar-refractivity contribution >= 4 is 17.3 Å². The first-order valence-electron chi connectivity index (χ1n) is 5.53. The SMILES string of the molecule is CN(C)c1ccc(C(=O)N2CC(O)C2)cc1N. The molecule has 1 aromatic rings. The Hall–Kier alpha value is -1.75. The van der Waals surface area contributed by atoms with Gasteiger partial charge in [0.1, 0.15) is 0 Å². The highest BCUT2D eigenvalue weighted by atomic mass is 16.3. The molecule has 0 unspecified atom stereocenters. The molecule has 1 aliphatic heterocycles. The first kappa shape index (κ1) is 11.7. The fourth-order valence-electron chi connectivity index (χ4n) is 1.90. The van der Waals surface area contributed by atoms with Crippen molar-refractivity contribution in [3.63, 3.8) is 0 Å². The number of rotatable bonds is 2. The minimum Gasteiger partial charge on any atom is -0.397 e. The van der Waals surface area contributed by atoms with E-state index in [4.69, 9.17) is 10.8 Å². The minimum atomic E-state index is -0.377. The van der Waals surface area contributed by atoms with Crippen LogP contribution in [0.3, 0.4) is 0 Å². The van der Waals surface area contributed by atoms with Crippen LogP contribution >= 0.6 is 0 Å². The summed E-state index contributed by atoms with van der Waals surface area (Å²) < 4.78 is 0. The second-order valence-corrected chi connectivity index (χ2v) is 4.53. The van der Waals surface area contributed by atoms with E-state index in [1.807, 2.05) is 25.1 Å². The zero-order valence-corrected chi connectivity index (χ0v) is 10.1. The molecule has 0 aromatic heterocycles. The number of carbonyl (C=O) groups is 1. The summed E-state index contributed by atoms with van der Waals surface area (Å²) in [7, 11) is 3.80. The molecule has 92 valence electrons. The molecule has 1 heterocycles. The summed E-state index contributed by atoms with van der Waals surface area (Å²) in [5.41, 5.74) is 7.93. The Morgan fingerprint density at radius 2 is 2.12 bits per heavy atom. The van der Waals surface area contributed by atoms with Gasteiger partial charge in [-0.15, -0.1) is 0 Å². The average molecular weight is 235 g/mol. The molecule has 5 heteroatoms. The van der Waals surface area contributed by atoms with Gasteiger partial charge in [0.25, 0.3) is 5.91 Å². The van der Waals surface area contributed by atoms with E-state index in [2.05, 4.69) is 0 Å². The second kappa shape index (κ2) is 4.25. The largest absolute Gasteiger partial charge is 0.397 e. The maximum atomic E-state index is 12.0. The van der Waals surface area contributed by atoms with E-state index in [1.54, 1.807) is 17.0 Å². The highest BCUT2D eigenvalue weighted by Gasteiger charge is 2.29. The maximum absolute atomic E-state index is 12.0. The lowest BCUT2D eigenvalue weighted by atomic mass is 10.1. The molecule has 3 N–H and O–H groups in total. The molecule has 0 saturated carbocycles. The molecule has 17 heavy (non-hydrogen) atoms. The van der Waals surface area contributed by atoms with Crippen LogP contribution in [-0.4, -0.2) is 49.2 Å². The number of nitrogens with two attached hydrogens (primary N) is 1. The van der Waals surface area contributed by atoms with Gasteiger partial charge in [0.15, 0.2) is 0 Å². The molecule has 0 bridgehead atoms. The topological polar surface area (TPSA) is 69.8 Å². The van der Waals surface area contributed by atoms with Crippen LogP contribution in [0.1, 0.15) is 10.4 Å². The van der Waals surface area contributed by atoms with Crippen LogP contribution in [0.2, 0.25) is 0 Å². The van der Waals surface area contributed by atoms with Crippen molar-refractivity contribution in [2.75, 3.05) is 37.8 Å². The molecule has 0 radical (unpaired) electrons. The second-order valence-electron chi connectivity index (χ2n) is 4.53. The van der Waals surface area contributed by atoms with E-state index < -0.39 is 0 Å². The van der Waals surface area contributed by atoms with E-state index in [1.165, 1.54) is 0 Å². The smallest absolute Gasteiger partial charge is 0.254 e. The summed E-state index contributed by atoms with van der Waals surface area (Å²) in [4.78, 5) is 15.5. The van der Waals surface area contributed by atoms with E-state index in [9.17, 15) is 4.79 Å². The lowest BCUT2D eigenvalue weighted by Gasteiger charge is -2.36. The monoisotopic (exact) mass is 235 g/mol. The maximum Gasteiger partial charge on any atom is 0.254 e. The fraction of sp³-hybridized carbons (Fsp3) is 0.417. The van der Waals surface area contributed by atoms with Gasteiger partial charge in [-0.1, -0.05) is 0 Å². The number of β-amino-alcohol motifs (C(OH)–C–C–N with tert-alkyl or cyclic N) is 1. The fourth-order valence-corrected chi connectivity index (χ4v) is 1.90. The van der Waals surface area contributed by atoms with Crippen LogP contribution in [-0.2, 0) is 0 Å². The molecule has 0 aliphatic carbocycles. The van der Waals surface area contributed by atoms with Gasteiger partial charge in [-0.2, -0.15) is 0 Å². The Balaban J connectivity index is 2.17. The molecule has 5 nitrogen and oxygen atoms in total. The zero-order chi connectivity index (χ0) is 12.6. The molecular formula is C12H17N3O2. The standard InChI is InChI=1S/C12H17N3O2/c1-14(2)11-4-3-8(5-10(11)13)12(17)15-6-9(16)7-15/h3-5,9,16H,6-7,13H2,1-2H3. The van der Waals surface area contributed by atoms with Crippen molar-refractivity contribution in [1.82, 2.24) is 4.90 Å². The summed E-state index contributed by atoms with van der Waals surface area (Å²) in [6.45, 7) is 0.822. The van der Waals surface area contributed by atoms with E-state index >= 15 is 0 Å². The molecule has 1 amide bonds. The normalized spacial score (nSPS) is 15.6. The van der Waals surface area contributed by atoms with Gasteiger partial charge in [0.2, 0.25) is 0 Å². The van der Waals surface area contributed by atoms with Gasteiger partial charge in [-0.3, -0.25) is 4.79 Å². The van der Waals surface area contributed by atoms with Crippen molar-refractivity contribution < 1.29 is 9.90 Å². The van der Waals surface area contributed by atoms with Crippen molar-refractivity contribution in [3.05, 3.63) is 23.8 Å². The number of hydrogen-bond donors (Lipinski definition) is 2. The Bertz CT molecular complexity index is 439. The van der Waals surface area contributed by atoms with Gasteiger partial charge in [0, 0.05) is 32.7 Å². The quantitative estimate of drug-likeness (QED) is 0.716. The van der Waals surface area contributed by atoms with Gasteiger partial charge in [-0.25, -0.2) is 0 Å². The number of nitrogens with zero attached hydrogens (tertiary/aromatic N) is 2. The number of nitrogen functional groups attached to an aromatic ring is 1. The van der Waals surface area contributed by atoms with Crippen LogP contribution in [0.5, 0.6) is 0 Å². The first-order chi connectivity index (χ1) is 7.99. The van der Waals surface area contributed by atoms with Crippen LogP contribution in [0.15, 0.2) is 18.2 Å². The number of anilines is 2. The van der Waals surface area contributed by atoms with Crippen LogP contribution < -0.4 is 10.6 Å². The van der Waals surface area contributed by atoms with Crippen LogP contribution in [0.25, 0.3) is 0 Å². The summed E-state index contributed by atoms with van der Waals surface area (Å²) >= 11 is 0. The molecule has 1 fully saturated rings. The first-order valence-corrected chi connectivity index (χ1v) is 5.53. The molecule has 1 saturated heterocycles. The Morgan fingerprint density at radius 1 is 1.47 bits per heavy atom. The van der Waals surface area contributed by atoms with Crippen molar-refractivity contribution in [3.8, 4) is 0 Å². The van der Waals surface area contributed by atoms with E-state index in [0.717, 1.165) is 5.69 Å². The molecule has 0 spiro atoms. The highest BCUT2D eigenvalue weighted by molar-refractivity contribution is 5.96. The lowest BCUT2D eigenvalue weighted by Crippen LogP contribution is -2.53. The van der Waals surface area contributed by atoms with Crippen LogP contribution in [0.4, 0.5) is 11.4 Å². The number of aliphatic hydroxyl groups excluding tert-OH is 1. The Morgan fingerprint density at radius 3 is 2.59 bits per heavy atom. The van der Waals surface area contributed by atoms with Crippen molar-refractivity contribution in [1.29, 1.82) is 0 Å². The molecule has 2 rings (SSSR count). The van der Waals surface area contributed by atoms with E-state index in [-0.39, 0.29) is 12.0 Å². The number of carbonyl (C=O) groups excluding carboxylic acids is 1. The number of benzene rings is 1.